The highest BCUT2D eigenvalue weighted by molar-refractivity contribution is 5.94. The number of carbonyl (C=O) groups excluding carboxylic acids is 1. The summed E-state index contributed by atoms with van der Waals surface area (Å²) in [6, 6.07) is 3.52. The number of benzene rings is 1. The standard InChI is InChI=1S/C12H9FO4/c1-6-10(12(15)16-2)11(14)8-4-3-7(13)5-9(8)17-6/h3-5H,1-2H3. The Morgan fingerprint density at radius 2 is 2.12 bits per heavy atom. The van der Waals surface area contributed by atoms with Crippen molar-refractivity contribution < 1.29 is 18.3 Å². The van der Waals surface area contributed by atoms with Crippen LogP contribution in [0.15, 0.2) is 27.4 Å². The highest BCUT2D eigenvalue weighted by Gasteiger charge is 2.19. The molecule has 0 spiro atoms. The van der Waals surface area contributed by atoms with Gasteiger partial charge in [-0.25, -0.2) is 9.18 Å². The summed E-state index contributed by atoms with van der Waals surface area (Å²) in [5.41, 5.74) is -0.567. The Kier molecular flexibility index (Phi) is 2.67. The number of hydrogen-bond acceptors (Lipinski definition) is 4. The van der Waals surface area contributed by atoms with E-state index in [1.54, 1.807) is 0 Å². The Bertz CT molecular complexity index is 657. The fourth-order valence-corrected chi connectivity index (χ4v) is 1.62. The number of aryl methyl sites for hydroxylation is 1. The summed E-state index contributed by atoms with van der Waals surface area (Å²) in [5.74, 6) is -1.16. The fraction of sp³-hybridized carbons (Fsp3) is 0.167. The van der Waals surface area contributed by atoms with Gasteiger partial charge in [0, 0.05) is 6.07 Å². The average molecular weight is 236 g/mol. The summed E-state index contributed by atoms with van der Waals surface area (Å²) in [7, 11) is 1.18. The second-order valence-corrected chi connectivity index (χ2v) is 3.49. The van der Waals surface area contributed by atoms with Crippen LogP contribution in [0.25, 0.3) is 11.0 Å². The van der Waals surface area contributed by atoms with Crippen molar-refractivity contribution in [1.29, 1.82) is 0 Å². The van der Waals surface area contributed by atoms with Crippen LogP contribution < -0.4 is 5.43 Å². The molecule has 4 nitrogen and oxygen atoms in total. The third-order valence-electron chi connectivity index (χ3n) is 2.42. The van der Waals surface area contributed by atoms with Gasteiger partial charge in [-0.15, -0.1) is 0 Å². The van der Waals surface area contributed by atoms with Crippen molar-refractivity contribution in [3.8, 4) is 0 Å². The first-order chi connectivity index (χ1) is 8.04. The van der Waals surface area contributed by atoms with E-state index in [0.717, 1.165) is 12.1 Å². The molecule has 88 valence electrons. The Balaban J connectivity index is 2.86. The van der Waals surface area contributed by atoms with Crippen LogP contribution in [0.4, 0.5) is 4.39 Å². The number of hydrogen-bond donors (Lipinski definition) is 0. The van der Waals surface area contributed by atoms with Crippen LogP contribution in [-0.2, 0) is 4.74 Å². The largest absolute Gasteiger partial charge is 0.465 e. The molecule has 0 aliphatic rings. The second-order valence-electron chi connectivity index (χ2n) is 3.49. The monoisotopic (exact) mass is 236 g/mol. The molecule has 2 rings (SSSR count). The lowest BCUT2D eigenvalue weighted by Crippen LogP contribution is -2.18. The van der Waals surface area contributed by atoms with E-state index >= 15 is 0 Å². The minimum atomic E-state index is -0.762. The number of esters is 1. The molecule has 1 heterocycles. The zero-order chi connectivity index (χ0) is 12.6. The van der Waals surface area contributed by atoms with E-state index in [2.05, 4.69) is 4.74 Å². The van der Waals surface area contributed by atoms with Crippen molar-refractivity contribution in [2.45, 2.75) is 6.92 Å². The Labute approximate surface area is 95.6 Å². The maximum atomic E-state index is 13.0. The first-order valence-corrected chi connectivity index (χ1v) is 4.86. The van der Waals surface area contributed by atoms with Crippen molar-refractivity contribution in [1.82, 2.24) is 0 Å². The molecular weight excluding hydrogens is 227 g/mol. The zero-order valence-corrected chi connectivity index (χ0v) is 9.24. The third-order valence-corrected chi connectivity index (χ3v) is 2.42. The van der Waals surface area contributed by atoms with Gasteiger partial charge in [-0.1, -0.05) is 0 Å². The Morgan fingerprint density at radius 3 is 2.76 bits per heavy atom. The number of rotatable bonds is 1. The van der Waals surface area contributed by atoms with Gasteiger partial charge in [-0.3, -0.25) is 4.79 Å². The molecule has 0 atom stereocenters. The highest BCUT2D eigenvalue weighted by Crippen LogP contribution is 2.16. The molecule has 0 radical (unpaired) electrons. The van der Waals surface area contributed by atoms with Crippen molar-refractivity contribution >= 4 is 16.9 Å². The molecule has 1 aromatic carbocycles. The van der Waals surface area contributed by atoms with Crippen molar-refractivity contribution in [2.75, 3.05) is 7.11 Å². The minimum Gasteiger partial charge on any atom is -0.465 e. The molecule has 2 aromatic rings. The van der Waals surface area contributed by atoms with Gasteiger partial charge < -0.3 is 9.15 Å². The average Bonchev–Trinajstić information content (AvgIpc) is 2.28. The van der Waals surface area contributed by atoms with E-state index in [0.29, 0.717) is 0 Å². The van der Waals surface area contributed by atoms with Gasteiger partial charge in [-0.2, -0.15) is 0 Å². The molecule has 0 amide bonds. The van der Waals surface area contributed by atoms with Crippen LogP contribution in [0.5, 0.6) is 0 Å². The molecule has 0 N–H and O–H groups in total. The predicted octanol–water partition coefficient (Wildman–Crippen LogP) is 2.03. The van der Waals surface area contributed by atoms with Crippen LogP contribution >= 0.6 is 0 Å². The third kappa shape index (κ3) is 1.80. The minimum absolute atomic E-state index is 0.111. The van der Waals surface area contributed by atoms with Gasteiger partial charge >= 0.3 is 5.97 Å². The summed E-state index contributed by atoms with van der Waals surface area (Å²) in [4.78, 5) is 23.4. The lowest BCUT2D eigenvalue weighted by molar-refractivity contribution is 0.0595. The molecule has 5 heteroatoms. The molecule has 0 fully saturated rings. The van der Waals surface area contributed by atoms with Crippen LogP contribution in [0.2, 0.25) is 0 Å². The molecule has 0 saturated carbocycles. The van der Waals surface area contributed by atoms with Crippen LogP contribution in [0, 0.1) is 12.7 Å². The molecule has 0 aliphatic heterocycles. The number of ether oxygens (including phenoxy) is 1. The molecule has 1 aromatic heterocycles. The van der Waals surface area contributed by atoms with E-state index in [-0.39, 0.29) is 22.3 Å². The number of carbonyl (C=O) groups is 1. The molecule has 0 saturated heterocycles. The highest BCUT2D eigenvalue weighted by atomic mass is 19.1. The summed E-state index contributed by atoms with van der Waals surface area (Å²) >= 11 is 0. The van der Waals surface area contributed by atoms with E-state index in [4.69, 9.17) is 4.42 Å². The van der Waals surface area contributed by atoms with Crippen LogP contribution in [-0.4, -0.2) is 13.1 Å². The zero-order valence-electron chi connectivity index (χ0n) is 9.24. The van der Waals surface area contributed by atoms with Gasteiger partial charge in [0.05, 0.1) is 12.5 Å². The molecule has 0 aliphatic carbocycles. The summed E-state index contributed by atoms with van der Waals surface area (Å²) < 4.78 is 22.7. The van der Waals surface area contributed by atoms with Gasteiger partial charge in [0.1, 0.15) is 22.7 Å². The summed E-state index contributed by atoms with van der Waals surface area (Å²) in [6.07, 6.45) is 0. The van der Waals surface area contributed by atoms with Gasteiger partial charge in [0.2, 0.25) is 5.43 Å². The SMILES string of the molecule is COC(=O)c1c(C)oc2cc(F)ccc2c1=O. The number of halogens is 1. The Hall–Kier alpha value is -2.17. The Morgan fingerprint density at radius 1 is 1.41 bits per heavy atom. The topological polar surface area (TPSA) is 56.5 Å². The first-order valence-electron chi connectivity index (χ1n) is 4.86. The summed E-state index contributed by atoms with van der Waals surface area (Å²) in [5, 5.41) is 0.150. The molecule has 0 unspecified atom stereocenters. The van der Waals surface area contributed by atoms with Crippen LogP contribution in [0.1, 0.15) is 16.1 Å². The van der Waals surface area contributed by atoms with Crippen molar-refractivity contribution in [3.05, 3.63) is 45.6 Å². The van der Waals surface area contributed by atoms with E-state index < -0.39 is 17.2 Å². The predicted molar refractivity (Wildman–Crippen MR) is 58.5 cm³/mol. The quantitative estimate of drug-likeness (QED) is 0.711. The smallest absolute Gasteiger partial charge is 0.345 e. The lowest BCUT2D eigenvalue weighted by atomic mass is 10.1. The van der Waals surface area contributed by atoms with E-state index in [1.807, 2.05) is 0 Å². The first kappa shape index (κ1) is 11.3. The van der Waals surface area contributed by atoms with Gasteiger partial charge in [0.15, 0.2) is 0 Å². The van der Waals surface area contributed by atoms with E-state index in [1.165, 1.54) is 20.1 Å². The fourth-order valence-electron chi connectivity index (χ4n) is 1.62. The second kappa shape index (κ2) is 4.01. The summed E-state index contributed by atoms with van der Waals surface area (Å²) in [6.45, 7) is 1.46. The molecule has 17 heavy (non-hydrogen) atoms. The van der Waals surface area contributed by atoms with Crippen molar-refractivity contribution in [3.63, 3.8) is 0 Å². The lowest BCUT2D eigenvalue weighted by Gasteiger charge is -2.04. The molecule has 0 bridgehead atoms. The van der Waals surface area contributed by atoms with E-state index in [9.17, 15) is 14.0 Å². The normalized spacial score (nSPS) is 10.5. The van der Waals surface area contributed by atoms with Gasteiger partial charge in [-0.05, 0) is 19.1 Å². The van der Waals surface area contributed by atoms with Crippen LogP contribution in [0.3, 0.4) is 0 Å². The maximum Gasteiger partial charge on any atom is 0.345 e. The number of fused-ring (bicyclic) bond motifs is 1. The maximum absolute atomic E-state index is 13.0. The molecular formula is C12H9FO4. The van der Waals surface area contributed by atoms with Crippen molar-refractivity contribution in [2.24, 2.45) is 0 Å². The van der Waals surface area contributed by atoms with Gasteiger partial charge in [0.25, 0.3) is 0 Å². The number of methoxy groups -OCH3 is 1.